The molecule has 3 unspecified atom stereocenters. The van der Waals surface area contributed by atoms with E-state index in [9.17, 15) is 22.8 Å². The molecule has 0 bridgehead atoms. The number of benzene rings is 1. The summed E-state index contributed by atoms with van der Waals surface area (Å²) in [5.41, 5.74) is 2.65. The van der Waals surface area contributed by atoms with E-state index in [1.165, 1.54) is 11.0 Å². The summed E-state index contributed by atoms with van der Waals surface area (Å²) < 4.78 is 52.0. The highest BCUT2D eigenvalue weighted by Crippen LogP contribution is 2.38. The number of carbonyl (C=O) groups excluding carboxylic acids is 2. The predicted octanol–water partition coefficient (Wildman–Crippen LogP) is 3.60. The number of halogens is 3. The first-order valence-electron chi connectivity index (χ1n) is 13.9. The standard InChI is InChI=1S/C28H33F3N4O4S/c29-28(30,31)18-4-3-17-7-9-34(27(37)20(17)12-18)15-25(36)33-22-13-35(19-2-1-10-38-11-8-19)14-24(22)39-23-6-5-21-26(23)40-16-32-21/h3-4,12,16,19,22-24H,1-2,5-11,13-15H2,(H,33,36)/t19?,22?,23?,24-/m0/s1. The van der Waals surface area contributed by atoms with Crippen LogP contribution in [0, 0.1) is 0 Å². The lowest BCUT2D eigenvalue weighted by molar-refractivity contribution is -0.137. The zero-order chi connectivity index (χ0) is 27.9. The van der Waals surface area contributed by atoms with Crippen LogP contribution in [0.3, 0.4) is 0 Å². The Bertz CT molecular complexity index is 1250. The lowest BCUT2D eigenvalue weighted by atomic mass is 9.96. The molecule has 40 heavy (non-hydrogen) atoms. The lowest BCUT2D eigenvalue weighted by Crippen LogP contribution is -2.50. The van der Waals surface area contributed by atoms with Gasteiger partial charge < -0.3 is 19.7 Å². The van der Waals surface area contributed by atoms with Gasteiger partial charge in [-0.2, -0.15) is 13.2 Å². The van der Waals surface area contributed by atoms with Crippen molar-refractivity contribution in [2.24, 2.45) is 0 Å². The summed E-state index contributed by atoms with van der Waals surface area (Å²) in [6.45, 7) is 2.87. The highest BCUT2D eigenvalue weighted by Gasteiger charge is 2.41. The number of thiazole rings is 1. The second-order valence-electron chi connectivity index (χ2n) is 11.0. The number of ether oxygens (including phenoxy) is 2. The lowest BCUT2D eigenvalue weighted by Gasteiger charge is -2.30. The third kappa shape index (κ3) is 5.77. The van der Waals surface area contributed by atoms with Crippen molar-refractivity contribution < 1.29 is 32.2 Å². The van der Waals surface area contributed by atoms with Crippen LogP contribution in [0.4, 0.5) is 13.2 Å². The van der Waals surface area contributed by atoms with Gasteiger partial charge >= 0.3 is 6.18 Å². The third-order valence-corrected chi connectivity index (χ3v) is 9.43. The minimum Gasteiger partial charge on any atom is -0.381 e. The number of nitrogens with one attached hydrogen (secondary N) is 1. The Morgan fingerprint density at radius 2 is 2.05 bits per heavy atom. The Morgan fingerprint density at radius 1 is 1.18 bits per heavy atom. The second-order valence-corrected chi connectivity index (χ2v) is 11.9. The maximum atomic E-state index is 13.2. The number of fused-ring (bicyclic) bond motifs is 2. The van der Waals surface area contributed by atoms with Crippen molar-refractivity contribution in [1.82, 2.24) is 20.1 Å². The molecule has 0 spiro atoms. The van der Waals surface area contributed by atoms with Crippen molar-refractivity contribution in [1.29, 1.82) is 0 Å². The molecular formula is C28H33F3N4O4S. The van der Waals surface area contributed by atoms with Gasteiger partial charge in [-0.05, 0) is 56.2 Å². The first kappa shape index (κ1) is 27.6. The second kappa shape index (κ2) is 11.4. The van der Waals surface area contributed by atoms with Gasteiger partial charge in [-0.1, -0.05) is 6.07 Å². The SMILES string of the molecule is O=C(CN1CCc2ccc(C(F)(F)F)cc2C1=O)NC1CN(C2CCCOCC2)C[C@@H]1OC1CCc2ncsc21. The highest BCUT2D eigenvalue weighted by molar-refractivity contribution is 7.09. The molecule has 0 radical (unpaired) electrons. The third-order valence-electron chi connectivity index (χ3n) is 8.47. The largest absolute Gasteiger partial charge is 0.416 e. The summed E-state index contributed by atoms with van der Waals surface area (Å²) in [6, 6.07) is 3.34. The van der Waals surface area contributed by atoms with Crippen molar-refractivity contribution in [2.45, 2.75) is 69.0 Å². The number of amides is 2. The number of rotatable bonds is 6. The zero-order valence-electron chi connectivity index (χ0n) is 22.1. The normalized spacial score (nSPS) is 27.4. The van der Waals surface area contributed by atoms with Crippen LogP contribution < -0.4 is 5.32 Å². The van der Waals surface area contributed by atoms with E-state index in [0.717, 1.165) is 61.4 Å². The molecule has 216 valence electrons. The molecule has 2 fully saturated rings. The van der Waals surface area contributed by atoms with Gasteiger partial charge in [0.1, 0.15) is 0 Å². The van der Waals surface area contributed by atoms with Crippen molar-refractivity contribution in [3.8, 4) is 0 Å². The van der Waals surface area contributed by atoms with Crippen LogP contribution in [0.5, 0.6) is 0 Å². The molecule has 1 aliphatic carbocycles. The fourth-order valence-corrected chi connectivity index (χ4v) is 7.28. The molecule has 4 aliphatic rings. The molecule has 1 aromatic heterocycles. The molecule has 1 aromatic carbocycles. The molecular weight excluding hydrogens is 545 g/mol. The number of hydrogen-bond donors (Lipinski definition) is 1. The fourth-order valence-electron chi connectivity index (χ4n) is 6.37. The van der Waals surface area contributed by atoms with Gasteiger partial charge in [-0.15, -0.1) is 11.3 Å². The summed E-state index contributed by atoms with van der Waals surface area (Å²) in [5, 5.41) is 3.11. The number of aromatic nitrogens is 1. The van der Waals surface area contributed by atoms with Crippen LogP contribution in [-0.2, 0) is 33.3 Å². The van der Waals surface area contributed by atoms with E-state index >= 15 is 0 Å². The molecule has 8 nitrogen and oxygen atoms in total. The van der Waals surface area contributed by atoms with Crippen molar-refractivity contribution in [3.63, 3.8) is 0 Å². The van der Waals surface area contributed by atoms with E-state index < -0.39 is 17.6 Å². The molecule has 4 heterocycles. The maximum absolute atomic E-state index is 13.2. The number of aryl methyl sites for hydroxylation is 1. The van der Waals surface area contributed by atoms with Gasteiger partial charge in [-0.25, -0.2) is 4.98 Å². The van der Waals surface area contributed by atoms with Crippen molar-refractivity contribution in [2.75, 3.05) is 39.4 Å². The number of hydrogen-bond acceptors (Lipinski definition) is 7. The van der Waals surface area contributed by atoms with Crippen LogP contribution in [0.2, 0.25) is 0 Å². The molecule has 6 rings (SSSR count). The van der Waals surface area contributed by atoms with Crippen LogP contribution in [0.25, 0.3) is 0 Å². The maximum Gasteiger partial charge on any atom is 0.416 e. The zero-order valence-corrected chi connectivity index (χ0v) is 22.9. The Balaban J connectivity index is 1.13. The predicted molar refractivity (Wildman–Crippen MR) is 141 cm³/mol. The van der Waals surface area contributed by atoms with E-state index in [2.05, 4.69) is 15.2 Å². The summed E-state index contributed by atoms with van der Waals surface area (Å²) in [7, 11) is 0. The topological polar surface area (TPSA) is 84.0 Å². The number of carbonyl (C=O) groups is 2. The Kier molecular flexibility index (Phi) is 7.86. The van der Waals surface area contributed by atoms with Gasteiger partial charge in [0.25, 0.3) is 5.91 Å². The molecule has 0 saturated carbocycles. The summed E-state index contributed by atoms with van der Waals surface area (Å²) >= 11 is 1.60. The van der Waals surface area contributed by atoms with E-state index in [4.69, 9.17) is 9.47 Å². The minimum absolute atomic E-state index is 0.0132. The van der Waals surface area contributed by atoms with Crippen LogP contribution in [-0.4, -0.2) is 84.2 Å². The Labute approximate surface area is 234 Å². The minimum atomic E-state index is -4.54. The van der Waals surface area contributed by atoms with Gasteiger partial charge in [0.2, 0.25) is 5.91 Å². The smallest absolute Gasteiger partial charge is 0.381 e. The summed E-state index contributed by atoms with van der Waals surface area (Å²) in [6.07, 6.45) is 0.279. The Hall–Kier alpha value is -2.54. The van der Waals surface area contributed by atoms with Gasteiger partial charge in [0.15, 0.2) is 0 Å². The quantitative estimate of drug-likeness (QED) is 0.564. The Morgan fingerprint density at radius 3 is 2.90 bits per heavy atom. The van der Waals surface area contributed by atoms with E-state index in [1.54, 1.807) is 11.3 Å². The van der Waals surface area contributed by atoms with Gasteiger partial charge in [-0.3, -0.25) is 14.5 Å². The molecule has 4 atom stereocenters. The molecule has 1 N–H and O–H groups in total. The van der Waals surface area contributed by atoms with Gasteiger partial charge in [0, 0.05) is 44.5 Å². The summed E-state index contributed by atoms with van der Waals surface area (Å²) in [4.78, 5) is 35.6. The molecule has 2 aromatic rings. The van der Waals surface area contributed by atoms with Gasteiger partial charge in [0.05, 0.1) is 46.4 Å². The molecule has 2 amide bonds. The molecule has 3 aliphatic heterocycles. The molecule has 2 saturated heterocycles. The average Bonchev–Trinajstić information content (AvgIpc) is 3.58. The molecule has 12 heteroatoms. The number of alkyl halides is 3. The van der Waals surface area contributed by atoms with Crippen LogP contribution in [0.1, 0.15) is 63.8 Å². The monoisotopic (exact) mass is 578 g/mol. The van der Waals surface area contributed by atoms with Crippen LogP contribution in [0.15, 0.2) is 23.7 Å². The first-order chi connectivity index (χ1) is 19.3. The van der Waals surface area contributed by atoms with E-state index in [0.29, 0.717) is 37.7 Å². The van der Waals surface area contributed by atoms with E-state index in [1.807, 2.05) is 5.51 Å². The summed E-state index contributed by atoms with van der Waals surface area (Å²) in [5.74, 6) is -0.885. The average molecular weight is 579 g/mol. The van der Waals surface area contributed by atoms with Crippen molar-refractivity contribution in [3.05, 3.63) is 51.0 Å². The number of nitrogens with zero attached hydrogens (tertiary/aromatic N) is 3. The first-order valence-corrected chi connectivity index (χ1v) is 14.8. The van der Waals surface area contributed by atoms with Crippen LogP contribution >= 0.6 is 11.3 Å². The highest BCUT2D eigenvalue weighted by atomic mass is 32.1. The fraction of sp³-hybridized carbons (Fsp3) is 0.607. The number of likely N-dealkylation sites (tertiary alicyclic amines) is 1. The van der Waals surface area contributed by atoms with Crippen molar-refractivity contribution >= 4 is 23.2 Å². The van der Waals surface area contributed by atoms with E-state index in [-0.39, 0.29) is 42.8 Å².